The Balaban J connectivity index is 1.36. The van der Waals surface area contributed by atoms with Gasteiger partial charge < -0.3 is 9.13 Å². The van der Waals surface area contributed by atoms with E-state index in [1.165, 1.54) is 12.1 Å². The molecule has 254 valence electrons. The maximum Gasteiger partial charge on any atom is 0.234 e. The van der Waals surface area contributed by atoms with Crippen LogP contribution in [0, 0.1) is 18.2 Å². The third-order valence-corrected chi connectivity index (χ3v) is 10.4. The van der Waals surface area contributed by atoms with E-state index in [1.54, 1.807) is 0 Å². The van der Waals surface area contributed by atoms with Gasteiger partial charge in [-0.1, -0.05) is 127 Å². The van der Waals surface area contributed by atoms with Crippen molar-refractivity contribution in [2.24, 2.45) is 0 Å². The van der Waals surface area contributed by atoms with E-state index in [0.29, 0.717) is 28.2 Å². The minimum absolute atomic E-state index is 0.345. The van der Waals surface area contributed by atoms with Gasteiger partial charge in [0.15, 0.2) is 0 Å². The average Bonchev–Trinajstić information content (AvgIpc) is 3.72. The molecule has 0 bridgehead atoms. The standard InChI is InChI=1S/C49H29F2N3/c1-52-48-45(53-43-18-10-8-16-39(43)41-22-20-33(28-46(41)53)31-12-4-2-5-13-31)25-24-38(35-26-36(50)30-37(51)27-35)49(48)54-44-19-11-9-17-40(44)42-23-21-34(29-47(42)54)32-14-6-3-7-15-32/h2-30H. The third-order valence-electron chi connectivity index (χ3n) is 10.4. The topological polar surface area (TPSA) is 14.2 Å². The van der Waals surface area contributed by atoms with Crippen LogP contribution >= 0.6 is 0 Å². The molecule has 0 unspecified atom stereocenters. The quantitative estimate of drug-likeness (QED) is 0.159. The normalized spacial score (nSPS) is 11.5. The van der Waals surface area contributed by atoms with E-state index in [1.807, 2.05) is 78.9 Å². The zero-order valence-corrected chi connectivity index (χ0v) is 28.8. The Labute approximate surface area is 310 Å². The number of hydrogen-bond donors (Lipinski definition) is 0. The molecule has 0 fully saturated rings. The lowest BCUT2D eigenvalue weighted by Crippen LogP contribution is -2.03. The molecule has 8 aromatic carbocycles. The molecule has 0 saturated carbocycles. The number of para-hydroxylation sites is 2. The van der Waals surface area contributed by atoms with Crippen LogP contribution < -0.4 is 0 Å². The average molecular weight is 698 g/mol. The van der Waals surface area contributed by atoms with Crippen LogP contribution in [0.3, 0.4) is 0 Å². The van der Waals surface area contributed by atoms with Crippen molar-refractivity contribution in [3.63, 3.8) is 0 Å². The van der Waals surface area contributed by atoms with Gasteiger partial charge in [0.2, 0.25) is 5.69 Å². The van der Waals surface area contributed by atoms with Gasteiger partial charge >= 0.3 is 0 Å². The summed E-state index contributed by atoms with van der Waals surface area (Å²) in [6.45, 7) is 8.91. The second-order valence-electron chi connectivity index (χ2n) is 13.5. The summed E-state index contributed by atoms with van der Waals surface area (Å²) in [5.74, 6) is -1.37. The van der Waals surface area contributed by atoms with Crippen molar-refractivity contribution in [2.75, 3.05) is 0 Å². The molecule has 2 heterocycles. The Morgan fingerprint density at radius 2 is 0.870 bits per heavy atom. The molecule has 2 aromatic heterocycles. The number of nitrogens with zero attached hydrogens (tertiary/aromatic N) is 3. The predicted molar refractivity (Wildman–Crippen MR) is 218 cm³/mol. The SMILES string of the molecule is [C-]#[N+]c1c(-n2c3ccccc3c3ccc(-c4ccccc4)cc32)ccc(-c2cc(F)cc(F)c2)c1-n1c2ccccc2c2ccc(-c3ccccc3)cc21. The Kier molecular flexibility index (Phi) is 7.24. The summed E-state index contributed by atoms with van der Waals surface area (Å²) in [4.78, 5) is 4.32. The molecule has 0 spiro atoms. The first kappa shape index (κ1) is 31.4. The van der Waals surface area contributed by atoms with Crippen molar-refractivity contribution in [1.82, 2.24) is 9.13 Å². The minimum atomic E-state index is -0.686. The van der Waals surface area contributed by atoms with E-state index in [0.717, 1.165) is 71.9 Å². The Morgan fingerprint density at radius 3 is 1.43 bits per heavy atom. The second kappa shape index (κ2) is 12.4. The lowest BCUT2D eigenvalue weighted by atomic mass is 10.00. The van der Waals surface area contributed by atoms with E-state index in [9.17, 15) is 0 Å². The highest BCUT2D eigenvalue weighted by molar-refractivity contribution is 6.13. The first-order valence-corrected chi connectivity index (χ1v) is 17.8. The third kappa shape index (κ3) is 4.92. The molecule has 0 radical (unpaired) electrons. The molecule has 3 nitrogen and oxygen atoms in total. The highest BCUT2D eigenvalue weighted by Gasteiger charge is 2.25. The Morgan fingerprint density at radius 1 is 0.389 bits per heavy atom. The fraction of sp³-hybridized carbons (Fsp3) is 0. The van der Waals surface area contributed by atoms with Crippen molar-refractivity contribution in [1.29, 1.82) is 0 Å². The number of hydrogen-bond acceptors (Lipinski definition) is 0. The van der Waals surface area contributed by atoms with Gasteiger partial charge in [-0.25, -0.2) is 13.6 Å². The van der Waals surface area contributed by atoms with Crippen LogP contribution in [0.1, 0.15) is 0 Å². The molecule has 5 heteroatoms. The molecular formula is C49H29F2N3. The lowest BCUT2D eigenvalue weighted by molar-refractivity contribution is 0.584. The van der Waals surface area contributed by atoms with E-state index in [-0.39, 0.29) is 0 Å². The number of benzene rings is 8. The predicted octanol–water partition coefficient (Wildman–Crippen LogP) is 13.7. The molecule has 0 saturated heterocycles. The van der Waals surface area contributed by atoms with Gasteiger partial charge in [-0.3, -0.25) is 0 Å². The summed E-state index contributed by atoms with van der Waals surface area (Å²) in [5, 5.41) is 4.13. The highest BCUT2D eigenvalue weighted by Crippen LogP contribution is 2.46. The smallest absolute Gasteiger partial charge is 0.234 e. The van der Waals surface area contributed by atoms with E-state index in [4.69, 9.17) is 6.57 Å². The van der Waals surface area contributed by atoms with Crippen molar-refractivity contribution < 1.29 is 8.78 Å². The van der Waals surface area contributed by atoms with Gasteiger partial charge in [-0.15, -0.1) is 0 Å². The van der Waals surface area contributed by atoms with Crippen LogP contribution in [-0.2, 0) is 0 Å². The van der Waals surface area contributed by atoms with Gasteiger partial charge in [0, 0.05) is 27.6 Å². The first-order chi connectivity index (χ1) is 26.6. The van der Waals surface area contributed by atoms with Crippen LogP contribution in [0.15, 0.2) is 176 Å². The van der Waals surface area contributed by atoms with E-state index in [2.05, 4.69) is 92.8 Å². The van der Waals surface area contributed by atoms with Crippen molar-refractivity contribution in [2.45, 2.75) is 0 Å². The van der Waals surface area contributed by atoms with Gasteiger partial charge in [-0.05, 0) is 75.8 Å². The molecule has 10 aromatic rings. The molecule has 0 aliphatic carbocycles. The van der Waals surface area contributed by atoms with Crippen molar-refractivity contribution in [3.05, 3.63) is 199 Å². The molecule has 0 aliphatic rings. The van der Waals surface area contributed by atoms with Crippen molar-refractivity contribution >= 4 is 49.3 Å². The monoisotopic (exact) mass is 697 g/mol. The summed E-state index contributed by atoms with van der Waals surface area (Å²) in [6.07, 6.45) is 0. The first-order valence-electron chi connectivity index (χ1n) is 17.8. The maximum absolute atomic E-state index is 15.0. The summed E-state index contributed by atoms with van der Waals surface area (Å²) >= 11 is 0. The summed E-state index contributed by atoms with van der Waals surface area (Å²) in [7, 11) is 0. The van der Waals surface area contributed by atoms with Crippen LogP contribution in [0.25, 0.3) is 93.2 Å². The molecule has 0 atom stereocenters. The molecule has 0 amide bonds. The minimum Gasteiger partial charge on any atom is -0.319 e. The van der Waals surface area contributed by atoms with Crippen LogP contribution in [0.2, 0.25) is 0 Å². The number of aromatic nitrogens is 2. The molecule has 10 rings (SSSR count). The lowest BCUT2D eigenvalue weighted by Gasteiger charge is -2.20. The number of rotatable bonds is 5. The fourth-order valence-corrected chi connectivity index (χ4v) is 8.09. The molecular weight excluding hydrogens is 669 g/mol. The summed E-state index contributed by atoms with van der Waals surface area (Å²) in [5.41, 5.74) is 10.3. The second-order valence-corrected chi connectivity index (χ2v) is 13.5. The maximum atomic E-state index is 15.0. The Bertz CT molecular complexity index is 3110. The number of fused-ring (bicyclic) bond motifs is 6. The largest absolute Gasteiger partial charge is 0.319 e. The van der Waals surface area contributed by atoms with Gasteiger partial charge in [-0.2, -0.15) is 0 Å². The van der Waals surface area contributed by atoms with Crippen LogP contribution in [-0.4, -0.2) is 9.13 Å². The van der Waals surface area contributed by atoms with Gasteiger partial charge in [0.1, 0.15) is 11.6 Å². The molecule has 0 aliphatic heterocycles. The molecule has 54 heavy (non-hydrogen) atoms. The summed E-state index contributed by atoms with van der Waals surface area (Å²) < 4.78 is 34.3. The zero-order valence-electron chi connectivity index (χ0n) is 28.8. The Hall–Kier alpha value is -7.29. The van der Waals surface area contributed by atoms with E-state index >= 15 is 8.78 Å². The van der Waals surface area contributed by atoms with Gasteiger partial charge in [0.25, 0.3) is 0 Å². The van der Waals surface area contributed by atoms with Gasteiger partial charge in [0.05, 0.1) is 40.0 Å². The van der Waals surface area contributed by atoms with Crippen LogP contribution in [0.5, 0.6) is 0 Å². The number of halogens is 2. The zero-order chi connectivity index (χ0) is 36.3. The fourth-order valence-electron chi connectivity index (χ4n) is 8.09. The van der Waals surface area contributed by atoms with E-state index < -0.39 is 11.6 Å². The highest BCUT2D eigenvalue weighted by atomic mass is 19.1. The summed E-state index contributed by atoms with van der Waals surface area (Å²) in [6, 6.07) is 57.0. The van der Waals surface area contributed by atoms with Crippen LogP contribution in [0.4, 0.5) is 14.5 Å². The van der Waals surface area contributed by atoms with Crippen molar-refractivity contribution in [3.8, 4) is 44.8 Å². The molecule has 0 N–H and O–H groups in total.